The molecule has 2 aromatic rings. The molecule has 0 aliphatic rings. The molecule has 1 aromatic carbocycles. The van der Waals surface area contributed by atoms with E-state index in [1.54, 1.807) is 25.6 Å². The van der Waals surface area contributed by atoms with Gasteiger partial charge in [-0.15, -0.1) is 24.0 Å². The number of hydrogen-bond donors (Lipinski definition) is 2. The maximum Gasteiger partial charge on any atom is 0.203 e. The van der Waals surface area contributed by atoms with Crippen LogP contribution in [0.15, 0.2) is 34.0 Å². The number of nitrogens with one attached hydrogen (secondary N) is 2. The summed E-state index contributed by atoms with van der Waals surface area (Å²) in [6.07, 6.45) is 0. The van der Waals surface area contributed by atoms with Crippen LogP contribution in [0.1, 0.15) is 25.0 Å². The van der Waals surface area contributed by atoms with Gasteiger partial charge in [0.1, 0.15) is 0 Å². The summed E-state index contributed by atoms with van der Waals surface area (Å²) in [6.45, 7) is 6.56. The standard InChI is InChI=1S/C19H27N3O3S.HI/c1-5-20-19(21-11-14-7-8-26-13-14)22-12-15-9-16(23-3)18(25-6-2)17(10-15)24-4;/h7-10,13H,5-6,11-12H2,1-4H3,(H2,20,21,22);1H. The molecule has 0 saturated heterocycles. The second-order valence-corrected chi connectivity index (χ2v) is 6.22. The largest absolute Gasteiger partial charge is 0.493 e. The van der Waals surface area contributed by atoms with Gasteiger partial charge in [-0.2, -0.15) is 11.3 Å². The number of rotatable bonds is 9. The van der Waals surface area contributed by atoms with Crippen molar-refractivity contribution in [2.24, 2.45) is 4.99 Å². The minimum atomic E-state index is 0. The number of aliphatic imine (C=N–C) groups is 1. The molecule has 1 heterocycles. The second kappa shape index (κ2) is 12.7. The molecule has 2 rings (SSSR count). The Morgan fingerprint density at radius 1 is 1.07 bits per heavy atom. The Bertz CT molecular complexity index is 683. The Morgan fingerprint density at radius 2 is 1.78 bits per heavy atom. The van der Waals surface area contributed by atoms with Crippen LogP contribution in [0.5, 0.6) is 17.2 Å². The summed E-state index contributed by atoms with van der Waals surface area (Å²) in [7, 11) is 3.24. The molecule has 2 N–H and O–H groups in total. The zero-order chi connectivity index (χ0) is 18.8. The van der Waals surface area contributed by atoms with E-state index in [9.17, 15) is 0 Å². The zero-order valence-electron chi connectivity index (χ0n) is 16.2. The van der Waals surface area contributed by atoms with Crippen molar-refractivity contribution in [1.29, 1.82) is 0 Å². The highest BCUT2D eigenvalue weighted by Gasteiger charge is 2.13. The first-order valence-electron chi connectivity index (χ1n) is 8.62. The van der Waals surface area contributed by atoms with Crippen LogP contribution >= 0.6 is 35.3 Å². The van der Waals surface area contributed by atoms with Gasteiger partial charge in [0.2, 0.25) is 5.75 Å². The quantitative estimate of drug-likeness (QED) is 0.306. The maximum atomic E-state index is 5.64. The van der Waals surface area contributed by atoms with Gasteiger partial charge in [0.15, 0.2) is 17.5 Å². The van der Waals surface area contributed by atoms with Crippen LogP contribution in [0.4, 0.5) is 0 Å². The van der Waals surface area contributed by atoms with E-state index in [1.165, 1.54) is 5.56 Å². The SMILES string of the molecule is CCNC(=NCc1cc(OC)c(OCC)c(OC)c1)NCc1ccsc1.I. The van der Waals surface area contributed by atoms with Crippen LogP contribution < -0.4 is 24.8 Å². The number of ether oxygens (including phenoxy) is 3. The van der Waals surface area contributed by atoms with Crippen molar-refractivity contribution in [3.05, 3.63) is 40.1 Å². The smallest absolute Gasteiger partial charge is 0.203 e. The van der Waals surface area contributed by atoms with E-state index in [0.717, 1.165) is 24.6 Å². The number of hydrogen-bond acceptors (Lipinski definition) is 5. The first-order valence-corrected chi connectivity index (χ1v) is 9.57. The molecule has 6 nitrogen and oxygen atoms in total. The Hall–Kier alpha value is -1.68. The number of guanidine groups is 1. The lowest BCUT2D eigenvalue weighted by Crippen LogP contribution is -2.36. The summed E-state index contributed by atoms with van der Waals surface area (Å²) in [5, 5.41) is 10.8. The predicted molar refractivity (Wildman–Crippen MR) is 122 cm³/mol. The molecule has 8 heteroatoms. The number of benzene rings is 1. The molecule has 27 heavy (non-hydrogen) atoms. The average Bonchev–Trinajstić information content (AvgIpc) is 3.18. The molecule has 0 radical (unpaired) electrons. The molecule has 150 valence electrons. The third kappa shape index (κ3) is 7.10. The van der Waals surface area contributed by atoms with E-state index in [1.807, 2.05) is 26.0 Å². The lowest BCUT2D eigenvalue weighted by molar-refractivity contribution is 0.288. The van der Waals surface area contributed by atoms with E-state index < -0.39 is 0 Å². The van der Waals surface area contributed by atoms with E-state index in [-0.39, 0.29) is 24.0 Å². The average molecular weight is 505 g/mol. The second-order valence-electron chi connectivity index (χ2n) is 5.44. The van der Waals surface area contributed by atoms with Gasteiger partial charge in [0.05, 0.1) is 27.4 Å². The van der Waals surface area contributed by atoms with Gasteiger partial charge < -0.3 is 24.8 Å². The van der Waals surface area contributed by atoms with Crippen molar-refractivity contribution in [2.75, 3.05) is 27.4 Å². The molecule has 0 atom stereocenters. The van der Waals surface area contributed by atoms with Crippen molar-refractivity contribution in [3.63, 3.8) is 0 Å². The first kappa shape index (κ1) is 23.4. The van der Waals surface area contributed by atoms with Gasteiger partial charge in [-0.05, 0) is 53.9 Å². The molecule has 1 aromatic heterocycles. The van der Waals surface area contributed by atoms with Crippen molar-refractivity contribution in [3.8, 4) is 17.2 Å². The van der Waals surface area contributed by atoms with Crippen LogP contribution in [0.3, 0.4) is 0 Å². The lowest BCUT2D eigenvalue weighted by Gasteiger charge is -2.15. The molecule has 0 unspecified atom stereocenters. The van der Waals surface area contributed by atoms with Gasteiger partial charge in [-0.3, -0.25) is 0 Å². The van der Waals surface area contributed by atoms with E-state index in [4.69, 9.17) is 14.2 Å². The maximum absolute atomic E-state index is 5.64. The van der Waals surface area contributed by atoms with Gasteiger partial charge in [-0.25, -0.2) is 4.99 Å². The van der Waals surface area contributed by atoms with Crippen molar-refractivity contribution in [1.82, 2.24) is 10.6 Å². The van der Waals surface area contributed by atoms with Gasteiger partial charge in [0, 0.05) is 13.1 Å². The lowest BCUT2D eigenvalue weighted by atomic mass is 10.2. The van der Waals surface area contributed by atoms with E-state index in [2.05, 4.69) is 32.5 Å². The summed E-state index contributed by atoms with van der Waals surface area (Å²) in [5.41, 5.74) is 2.22. The first-order chi connectivity index (χ1) is 12.7. The molecular weight excluding hydrogens is 477 g/mol. The van der Waals surface area contributed by atoms with Crippen LogP contribution in [0.2, 0.25) is 0 Å². The van der Waals surface area contributed by atoms with Crippen molar-refractivity contribution >= 4 is 41.3 Å². The fourth-order valence-corrected chi connectivity index (χ4v) is 3.07. The van der Waals surface area contributed by atoms with Gasteiger partial charge in [-0.1, -0.05) is 0 Å². The summed E-state index contributed by atoms with van der Waals surface area (Å²) in [6, 6.07) is 5.96. The molecular formula is C19H28IN3O3S. The Morgan fingerprint density at radius 3 is 2.30 bits per heavy atom. The van der Waals surface area contributed by atoms with Crippen molar-refractivity contribution < 1.29 is 14.2 Å². The highest BCUT2D eigenvalue weighted by Crippen LogP contribution is 2.38. The monoisotopic (exact) mass is 505 g/mol. The van der Waals surface area contributed by atoms with E-state index in [0.29, 0.717) is 30.4 Å². The van der Waals surface area contributed by atoms with Crippen LogP contribution in [-0.4, -0.2) is 33.3 Å². The molecule has 0 saturated carbocycles. The Kier molecular flexibility index (Phi) is 11.0. The molecule has 0 aliphatic carbocycles. The Labute approximate surface area is 182 Å². The summed E-state index contributed by atoms with van der Waals surface area (Å²) < 4.78 is 16.5. The predicted octanol–water partition coefficient (Wildman–Crippen LogP) is 4.04. The summed E-state index contributed by atoms with van der Waals surface area (Å²) in [4.78, 5) is 4.66. The Balaban J connectivity index is 0.00000364. The topological polar surface area (TPSA) is 64.1 Å². The molecule has 0 bridgehead atoms. The summed E-state index contributed by atoms with van der Waals surface area (Å²) >= 11 is 1.69. The van der Waals surface area contributed by atoms with Crippen LogP contribution in [0.25, 0.3) is 0 Å². The van der Waals surface area contributed by atoms with Gasteiger partial charge in [0.25, 0.3) is 0 Å². The highest BCUT2D eigenvalue weighted by molar-refractivity contribution is 14.0. The number of halogens is 1. The minimum Gasteiger partial charge on any atom is -0.493 e. The minimum absolute atomic E-state index is 0. The van der Waals surface area contributed by atoms with Crippen molar-refractivity contribution in [2.45, 2.75) is 26.9 Å². The molecule has 0 fully saturated rings. The number of methoxy groups -OCH3 is 2. The highest BCUT2D eigenvalue weighted by atomic mass is 127. The number of nitrogens with zero attached hydrogens (tertiary/aromatic N) is 1. The molecule has 0 aliphatic heterocycles. The van der Waals surface area contributed by atoms with Crippen LogP contribution in [-0.2, 0) is 13.1 Å². The fourth-order valence-electron chi connectivity index (χ4n) is 2.40. The zero-order valence-corrected chi connectivity index (χ0v) is 19.4. The van der Waals surface area contributed by atoms with Gasteiger partial charge >= 0.3 is 0 Å². The third-order valence-electron chi connectivity index (χ3n) is 3.61. The van der Waals surface area contributed by atoms with E-state index >= 15 is 0 Å². The number of thiophene rings is 1. The van der Waals surface area contributed by atoms with Crippen LogP contribution in [0, 0.1) is 0 Å². The summed E-state index contributed by atoms with van der Waals surface area (Å²) in [5.74, 6) is 2.68. The molecule has 0 amide bonds. The molecule has 0 spiro atoms. The third-order valence-corrected chi connectivity index (χ3v) is 4.35. The normalized spacial score (nSPS) is 10.7. The fraction of sp³-hybridized carbons (Fsp3) is 0.421.